The Morgan fingerprint density at radius 1 is 0.186 bits per heavy atom. The van der Waals surface area contributed by atoms with Gasteiger partial charge < -0.3 is 0 Å². The molecule has 0 aliphatic rings. The average molecular weight is 1100 g/mol. The van der Waals surface area contributed by atoms with Gasteiger partial charge in [0.1, 0.15) is 0 Å². The van der Waals surface area contributed by atoms with Crippen molar-refractivity contribution >= 4 is 140 Å². The maximum Gasteiger partial charge on any atom is -0.000730 e. The molecule has 0 nitrogen and oxygen atoms in total. The van der Waals surface area contributed by atoms with Crippen LogP contribution in [-0.2, 0) is 0 Å². The van der Waals surface area contributed by atoms with Crippen molar-refractivity contribution in [2.24, 2.45) is 0 Å². The third-order valence-corrected chi connectivity index (χ3v) is 20.8. The number of fused-ring (bicyclic) bond motifs is 11. The van der Waals surface area contributed by atoms with Crippen LogP contribution in [0.25, 0.3) is 185 Å². The zero-order valence-corrected chi connectivity index (χ0v) is 50.4. The summed E-state index contributed by atoms with van der Waals surface area (Å²) in [5.74, 6) is 1.21. The molecule has 0 aliphatic heterocycles. The summed E-state index contributed by atoms with van der Waals surface area (Å²) in [4.78, 5) is 0. The zero-order chi connectivity index (χ0) is 57.9. The fourth-order valence-electron chi connectivity index (χ4n) is 17.1. The molecule has 0 aromatic heterocycles. The number of rotatable bonds is 7. The Labute approximate surface area is 501 Å². The number of aryl methyl sites for hydroxylation is 3. The van der Waals surface area contributed by atoms with Crippen molar-refractivity contribution in [1.82, 2.24) is 0 Å². The molecule has 18 aromatic rings. The lowest BCUT2D eigenvalue weighted by atomic mass is 9.81. The Morgan fingerprint density at radius 2 is 0.488 bits per heavy atom. The lowest BCUT2D eigenvalue weighted by molar-refractivity contribution is 0.838. The van der Waals surface area contributed by atoms with Crippen LogP contribution >= 0.6 is 0 Å². The first kappa shape index (κ1) is 49.8. The van der Waals surface area contributed by atoms with Crippen LogP contribution in [0.1, 0.15) is 92.7 Å². The molecule has 0 saturated carbocycles. The Balaban J connectivity index is 0.968. The van der Waals surface area contributed by atoms with E-state index in [0.29, 0.717) is 17.8 Å². The minimum absolute atomic E-state index is 0.398. The standard InChI is InChI=1S/C86H64/c1-44(2)50-23-14-20-49(9)75(50)59-30-31-61-65-35-37-68-72-43-74-73(42-71(72)67-36-34-63(81(65)83(67)68)57-28-16-26-55(59)77(57)61)79(53-21-12-10-18-47(53)7)85-69-40-38-64-58-29-17-27-56-60(76-51(45(3)4)24-15-25-52(76)46(5)6)32-33-62(78(56)58)66-39-41-70(84(69)82(64)66)86(85)80(74)54-22-13-11-19-48(54)8/h10-46H,1-9H3. The monoisotopic (exact) mass is 1100 g/mol. The second-order valence-electron chi connectivity index (χ2n) is 26.3. The van der Waals surface area contributed by atoms with Crippen molar-refractivity contribution in [2.45, 2.75) is 80.1 Å². The van der Waals surface area contributed by atoms with E-state index in [0.717, 1.165) is 0 Å². The lowest BCUT2D eigenvalue weighted by Gasteiger charge is -2.23. The van der Waals surface area contributed by atoms with Crippen molar-refractivity contribution in [3.05, 3.63) is 240 Å². The van der Waals surface area contributed by atoms with Crippen LogP contribution < -0.4 is 0 Å². The molecule has 0 fully saturated rings. The summed E-state index contributed by atoms with van der Waals surface area (Å²) in [5.41, 5.74) is 18.8. The Bertz CT molecular complexity index is 5690. The highest BCUT2D eigenvalue weighted by atomic mass is 14.3. The van der Waals surface area contributed by atoms with Gasteiger partial charge in [0, 0.05) is 0 Å². The molecule has 18 aromatic carbocycles. The van der Waals surface area contributed by atoms with Crippen LogP contribution in [0.3, 0.4) is 0 Å². The molecule has 0 N–H and O–H groups in total. The van der Waals surface area contributed by atoms with Crippen LogP contribution in [0.5, 0.6) is 0 Å². The molecule has 0 heterocycles. The van der Waals surface area contributed by atoms with Gasteiger partial charge in [-0.05, 0) is 269 Å². The molecule has 0 aliphatic carbocycles. The Kier molecular flexibility index (Phi) is 10.3. The fraction of sp³-hybridized carbons (Fsp3) is 0.140. The summed E-state index contributed by atoms with van der Waals surface area (Å²) < 4.78 is 0. The third-order valence-electron chi connectivity index (χ3n) is 20.8. The number of hydrogen-bond acceptors (Lipinski definition) is 0. The molecule has 0 heteroatoms. The van der Waals surface area contributed by atoms with Gasteiger partial charge in [-0.25, -0.2) is 0 Å². The maximum atomic E-state index is 2.61. The highest BCUT2D eigenvalue weighted by Gasteiger charge is 2.30. The van der Waals surface area contributed by atoms with Gasteiger partial charge >= 0.3 is 0 Å². The summed E-state index contributed by atoms with van der Waals surface area (Å²) in [6.45, 7) is 20.9. The van der Waals surface area contributed by atoms with E-state index in [-0.39, 0.29) is 0 Å². The average Bonchev–Trinajstić information content (AvgIpc) is 1.47. The van der Waals surface area contributed by atoms with Crippen LogP contribution in [0, 0.1) is 20.8 Å². The molecule has 0 spiro atoms. The van der Waals surface area contributed by atoms with E-state index >= 15 is 0 Å². The fourth-order valence-corrected chi connectivity index (χ4v) is 17.1. The summed E-state index contributed by atoms with van der Waals surface area (Å²) in [7, 11) is 0. The van der Waals surface area contributed by atoms with Gasteiger partial charge in [0.15, 0.2) is 0 Å². The summed E-state index contributed by atoms with van der Waals surface area (Å²) in [6, 6.07) is 81.0. The maximum absolute atomic E-state index is 2.61. The zero-order valence-electron chi connectivity index (χ0n) is 50.4. The minimum atomic E-state index is 0.398. The van der Waals surface area contributed by atoms with Crippen molar-refractivity contribution < 1.29 is 0 Å². The molecular weight excluding hydrogens is 1030 g/mol. The van der Waals surface area contributed by atoms with E-state index in [4.69, 9.17) is 0 Å². The molecule has 0 bridgehead atoms. The normalized spacial score (nSPS) is 12.8. The van der Waals surface area contributed by atoms with Crippen molar-refractivity contribution in [3.63, 3.8) is 0 Å². The van der Waals surface area contributed by atoms with Gasteiger partial charge in [0.05, 0.1) is 0 Å². The number of hydrogen-bond donors (Lipinski definition) is 0. The molecule has 0 amide bonds. The Morgan fingerprint density at radius 3 is 0.919 bits per heavy atom. The topological polar surface area (TPSA) is 0 Å². The molecule has 86 heavy (non-hydrogen) atoms. The van der Waals surface area contributed by atoms with E-state index < -0.39 is 0 Å². The lowest BCUT2D eigenvalue weighted by Crippen LogP contribution is -2.00. The smallest absolute Gasteiger partial charge is 0.000730 e. The van der Waals surface area contributed by atoms with Gasteiger partial charge in [0.25, 0.3) is 0 Å². The molecule has 0 radical (unpaired) electrons. The third kappa shape index (κ3) is 6.39. The van der Waals surface area contributed by atoms with Crippen molar-refractivity contribution in [1.29, 1.82) is 0 Å². The SMILES string of the molecule is Cc1ccccc1-c1c2cc3c(cc2c(-c2ccccc2C)c2c4ccc5c6ccc(-c7c(C(C)C)cccc7C(C)C)c7cccc(c8ccc(c12)c4c85)c76)c1ccc2c4ccc(-c5c(C)cccc5C(C)C)c5cccc(c6ccc3c1c62)c54. The van der Waals surface area contributed by atoms with E-state index in [2.05, 4.69) is 269 Å². The first-order valence-corrected chi connectivity index (χ1v) is 31.3. The van der Waals surface area contributed by atoms with Crippen molar-refractivity contribution in [2.75, 3.05) is 0 Å². The minimum Gasteiger partial charge on any atom is -0.0620 e. The summed E-state index contributed by atoms with van der Waals surface area (Å²) >= 11 is 0. The van der Waals surface area contributed by atoms with Crippen LogP contribution in [0.15, 0.2) is 206 Å². The van der Waals surface area contributed by atoms with Gasteiger partial charge in [-0.2, -0.15) is 0 Å². The van der Waals surface area contributed by atoms with Crippen molar-refractivity contribution in [3.8, 4) is 44.5 Å². The van der Waals surface area contributed by atoms with Gasteiger partial charge in [-0.1, -0.05) is 236 Å². The van der Waals surface area contributed by atoms with Crippen LogP contribution in [0.2, 0.25) is 0 Å². The largest absolute Gasteiger partial charge is 0.0620 e. The molecule has 408 valence electrons. The predicted molar refractivity (Wildman–Crippen MR) is 377 cm³/mol. The highest BCUT2D eigenvalue weighted by molar-refractivity contribution is 6.48. The summed E-state index contributed by atoms with van der Waals surface area (Å²) in [6.07, 6.45) is 0. The van der Waals surface area contributed by atoms with E-state index in [1.807, 2.05) is 0 Å². The van der Waals surface area contributed by atoms with Gasteiger partial charge in [-0.15, -0.1) is 0 Å². The molecule has 0 unspecified atom stereocenters. The van der Waals surface area contributed by atoms with E-state index in [9.17, 15) is 0 Å². The molecule has 0 saturated heterocycles. The molecule has 18 rings (SSSR count). The molecular formula is C86H64. The van der Waals surface area contributed by atoms with Crippen LogP contribution in [-0.4, -0.2) is 0 Å². The second-order valence-corrected chi connectivity index (χ2v) is 26.3. The highest BCUT2D eigenvalue weighted by Crippen LogP contribution is 2.57. The van der Waals surface area contributed by atoms with E-state index in [1.54, 1.807) is 0 Å². The molecule has 0 atom stereocenters. The second kappa shape index (κ2) is 17.7. The number of benzene rings is 16. The van der Waals surface area contributed by atoms with E-state index in [1.165, 1.54) is 218 Å². The Hall–Kier alpha value is -9.62. The first-order valence-electron chi connectivity index (χ1n) is 31.3. The summed E-state index contributed by atoms with van der Waals surface area (Å²) in [5, 5.41) is 34.7. The predicted octanol–water partition coefficient (Wildman–Crippen LogP) is 25.4. The first-order chi connectivity index (χ1) is 42.0. The van der Waals surface area contributed by atoms with Gasteiger partial charge in [-0.3, -0.25) is 0 Å². The van der Waals surface area contributed by atoms with Gasteiger partial charge in [0.2, 0.25) is 0 Å². The van der Waals surface area contributed by atoms with Crippen LogP contribution in [0.4, 0.5) is 0 Å². The quantitative estimate of drug-likeness (QED) is 0.110.